The summed E-state index contributed by atoms with van der Waals surface area (Å²) in [5.74, 6) is 0. The molecule has 11 heteroatoms. The molecular weight excluding hydrogens is 207 g/mol. The molecule has 0 aliphatic rings. The molecule has 0 aromatic rings. The van der Waals surface area contributed by atoms with E-state index in [9.17, 15) is 0 Å². The Kier molecular flexibility index (Phi) is 158. The van der Waals surface area contributed by atoms with Gasteiger partial charge >= 0.3 is 16.5 Å². The molecular formula is H12N6NiO4. The SMILES string of the molecule is O=N[O-].O=N[O-].[2H]N([2H])[2H].[2H]N([2H])[2H].[2H]N([2H])[2H].[2H]N([2H])[2H].[Ni+2]. The normalized spacial score (nSPS) is 16.4. The largest absolute Gasteiger partial charge is 2.00 e. The van der Waals surface area contributed by atoms with Gasteiger partial charge in [-0.3, -0.25) is 0 Å². The Morgan fingerprint density at radius 1 is 1.00 bits per heavy atom. The second-order valence-corrected chi connectivity index (χ2v) is 0.149. The Bertz CT molecular complexity index is 135. The fraction of sp³-hybridized carbons (Fsp3) is 0. The fourth-order valence-electron chi connectivity index (χ4n) is 0. The minimum Gasteiger partial charge on any atom is -0.444 e. The molecule has 0 radical (unpaired) electrons. The van der Waals surface area contributed by atoms with Crippen LogP contribution in [0, 0.1) is 20.2 Å². The Labute approximate surface area is 90.4 Å². The van der Waals surface area contributed by atoms with Crippen molar-refractivity contribution in [1.29, 1.82) is 0 Å². The molecule has 0 heterocycles. The van der Waals surface area contributed by atoms with Crippen LogP contribution >= 0.6 is 0 Å². The Morgan fingerprint density at radius 3 is 1.00 bits per heavy atom. The third-order valence-corrected chi connectivity index (χ3v) is 0. The van der Waals surface area contributed by atoms with Gasteiger partial charge in [-0.25, -0.2) is 0 Å². The molecule has 0 atom stereocenters. The van der Waals surface area contributed by atoms with Crippen LogP contribution in [0.5, 0.6) is 0 Å². The number of hydrogen-bond donors (Lipinski definition) is 4. The van der Waals surface area contributed by atoms with Crippen LogP contribution in [0.25, 0.3) is 0 Å². The zero-order valence-corrected chi connectivity index (χ0v) is 5.62. The van der Waals surface area contributed by atoms with Crippen LogP contribution in [-0.2, 0) is 16.5 Å². The van der Waals surface area contributed by atoms with E-state index in [0.29, 0.717) is 0 Å². The molecule has 0 aromatic carbocycles. The molecule has 0 amide bonds. The maximum atomic E-state index is 8.00. The minimum atomic E-state index is -0.250. The molecule has 0 aliphatic carbocycles. The van der Waals surface area contributed by atoms with Crippen LogP contribution < -0.4 is 24.5 Å². The van der Waals surface area contributed by atoms with E-state index in [1.165, 1.54) is 0 Å². The first kappa shape index (κ1) is 3.69. The van der Waals surface area contributed by atoms with Crippen molar-refractivity contribution in [3.63, 3.8) is 0 Å². The van der Waals surface area contributed by atoms with Gasteiger partial charge in [0.1, 0.15) is 16.9 Å². The summed E-state index contributed by atoms with van der Waals surface area (Å²) in [6.07, 6.45) is -1.00. The maximum absolute atomic E-state index is 8.00. The molecule has 0 fully saturated rings. The van der Waals surface area contributed by atoms with E-state index < -0.39 is 0 Å². The van der Waals surface area contributed by atoms with Crippen LogP contribution in [0.2, 0.25) is 16.9 Å². The molecule has 0 unspecified atom stereocenters. The first-order valence-corrected chi connectivity index (χ1v) is 0.730. The van der Waals surface area contributed by atoms with Gasteiger partial charge in [0.2, 0.25) is 0 Å². The molecule has 0 aliphatic heterocycles. The van der Waals surface area contributed by atoms with Crippen molar-refractivity contribution < 1.29 is 33.4 Å². The summed E-state index contributed by atoms with van der Waals surface area (Å²) in [6.45, 7) is 0. The molecule has 0 aromatic heterocycles. The third-order valence-electron chi connectivity index (χ3n) is 0. The summed E-state index contributed by atoms with van der Waals surface area (Å²) in [4.78, 5) is 16.0. The van der Waals surface area contributed by atoms with E-state index in [0.717, 1.165) is 10.7 Å². The fourth-order valence-corrected chi connectivity index (χ4v) is 0. The van der Waals surface area contributed by atoms with Crippen molar-refractivity contribution in [3.05, 3.63) is 20.2 Å². The van der Waals surface area contributed by atoms with E-state index in [1.54, 1.807) is 0 Å². The van der Waals surface area contributed by atoms with Crippen molar-refractivity contribution in [2.24, 2.45) is 10.7 Å². The monoisotopic (exact) mass is 230 g/mol. The summed E-state index contributed by atoms with van der Waals surface area (Å²) < 4.78 is 69.0. The topological polar surface area (TPSA) is 245 Å². The van der Waals surface area contributed by atoms with E-state index in [-0.39, 0.29) is 41.0 Å². The van der Waals surface area contributed by atoms with Crippen LogP contribution in [0.15, 0.2) is 10.7 Å². The summed E-state index contributed by atoms with van der Waals surface area (Å²) in [5, 5.41) is 18.0. The molecule has 12 N–H and O–H groups in total. The van der Waals surface area contributed by atoms with Gasteiger partial charge in [-0.1, -0.05) is 0 Å². The van der Waals surface area contributed by atoms with Gasteiger partial charge in [0, 0.05) is 0 Å². The molecule has 0 bridgehead atoms. The molecule has 0 saturated heterocycles. The van der Waals surface area contributed by atoms with Crippen LogP contribution in [0.3, 0.4) is 0 Å². The summed E-state index contributed by atoms with van der Waals surface area (Å²) >= 11 is 0. The van der Waals surface area contributed by atoms with Crippen LogP contribution in [-0.4, -0.2) is 0 Å². The van der Waals surface area contributed by atoms with Crippen molar-refractivity contribution in [1.82, 2.24) is 24.5 Å². The first-order chi connectivity index (χ1) is 9.76. The average Bonchev–Trinajstić information content (AvgIpc) is 2.13. The molecule has 0 spiro atoms. The summed E-state index contributed by atoms with van der Waals surface area (Å²) in [5.41, 5.74) is 0. The van der Waals surface area contributed by atoms with Gasteiger partial charge in [0.25, 0.3) is 0 Å². The maximum Gasteiger partial charge on any atom is 2.00 e. The molecule has 10 nitrogen and oxygen atoms in total. The van der Waals surface area contributed by atoms with Crippen LogP contribution in [0.1, 0.15) is 0 Å². The first-order valence-electron chi connectivity index (χ1n) is 6.10. The Balaban J connectivity index is -0.0000000266. The average molecular weight is 231 g/mol. The quantitative estimate of drug-likeness (QED) is 0.266. The second-order valence-electron chi connectivity index (χ2n) is 0.149. The smallest absolute Gasteiger partial charge is 0.444 e. The van der Waals surface area contributed by atoms with Crippen LogP contribution in [0.4, 0.5) is 0 Å². The van der Waals surface area contributed by atoms with E-state index in [4.69, 9.17) is 37.2 Å². The molecule has 0 saturated carbocycles. The van der Waals surface area contributed by atoms with Gasteiger partial charge in [-0.2, -0.15) is 0 Å². The number of rotatable bonds is 0. The van der Waals surface area contributed by atoms with Gasteiger partial charge < -0.3 is 44.7 Å². The van der Waals surface area contributed by atoms with E-state index in [1.807, 2.05) is 0 Å². The van der Waals surface area contributed by atoms with Crippen molar-refractivity contribution in [2.75, 3.05) is 0 Å². The standard InChI is InChI=1S/2HNO2.4H3N.Ni/c2*2-1-3;;;;;/h2*(H,2,3);4*1H3;/q;;;;;;+2/p-2/i/hD12. The van der Waals surface area contributed by atoms with Crippen molar-refractivity contribution >= 4 is 0 Å². The van der Waals surface area contributed by atoms with E-state index >= 15 is 0 Å². The minimum absolute atomic E-state index is 0. The Hall–Kier alpha value is -0.866. The third kappa shape index (κ3) is 619. The van der Waals surface area contributed by atoms with Gasteiger partial charge in [0.15, 0.2) is 0 Å². The zero-order chi connectivity index (χ0) is 19.7. The number of nitrogens with zero attached hydrogens (tertiary/aromatic N) is 2. The summed E-state index contributed by atoms with van der Waals surface area (Å²) in [6, 6.07) is 0. The molecule has 11 heavy (non-hydrogen) atoms. The predicted octanol–water partition coefficient (Wildman–Crippen LogP) is 1.15. The van der Waals surface area contributed by atoms with Gasteiger partial charge in [-0.05, 0) is 0 Å². The molecule has 0 rings (SSSR count). The Morgan fingerprint density at radius 2 is 1.00 bits per heavy atom. The van der Waals surface area contributed by atoms with Crippen molar-refractivity contribution in [3.8, 4) is 0 Å². The predicted molar refractivity (Wildman–Crippen MR) is 38.4 cm³/mol. The van der Waals surface area contributed by atoms with Gasteiger partial charge in [-0.15, -0.1) is 10.7 Å². The van der Waals surface area contributed by atoms with E-state index in [2.05, 4.69) is 0 Å². The number of hydrogen-bond acceptors (Lipinski definition) is 10. The zero-order valence-electron chi connectivity index (χ0n) is 16.6. The summed E-state index contributed by atoms with van der Waals surface area (Å²) in [7, 11) is 0. The van der Waals surface area contributed by atoms with Gasteiger partial charge in [0.05, 0.1) is 0 Å². The second kappa shape index (κ2) is 470. The van der Waals surface area contributed by atoms with Crippen molar-refractivity contribution in [2.45, 2.75) is 0 Å². The molecule has 76 valence electrons.